The quantitative estimate of drug-likeness (QED) is 0.793. The smallest absolute Gasteiger partial charge is 0.00967 e. The second-order valence-corrected chi connectivity index (χ2v) is 7.44. The van der Waals surface area contributed by atoms with Gasteiger partial charge in [-0.05, 0) is 52.0 Å². The minimum absolute atomic E-state index is 0.229. The van der Waals surface area contributed by atoms with Crippen molar-refractivity contribution in [3.8, 4) is 0 Å². The lowest BCUT2D eigenvalue weighted by atomic mass is 9.91. The van der Waals surface area contributed by atoms with E-state index in [-0.39, 0.29) is 5.54 Å². The average Bonchev–Trinajstić information content (AvgIpc) is 2.61. The van der Waals surface area contributed by atoms with Crippen LogP contribution in [-0.2, 0) is 0 Å². The van der Waals surface area contributed by atoms with Crippen LogP contribution < -0.4 is 5.32 Å². The molecule has 0 aromatic carbocycles. The fraction of sp³-hybridized carbons (Fsp3) is 1.00. The van der Waals surface area contributed by atoms with Crippen LogP contribution in [0.5, 0.6) is 0 Å². The molecule has 1 atom stereocenters. The zero-order chi connectivity index (χ0) is 13.1. The third-order valence-corrected chi connectivity index (χ3v) is 3.70. The summed E-state index contributed by atoms with van der Waals surface area (Å²) < 4.78 is 0. The van der Waals surface area contributed by atoms with Crippen molar-refractivity contribution in [1.82, 2.24) is 10.2 Å². The first-order valence-corrected chi connectivity index (χ1v) is 7.22. The zero-order valence-corrected chi connectivity index (χ0v) is 12.8. The van der Waals surface area contributed by atoms with Gasteiger partial charge in [-0.3, -0.25) is 4.90 Å². The van der Waals surface area contributed by atoms with Crippen LogP contribution in [0.2, 0.25) is 0 Å². The highest BCUT2D eigenvalue weighted by atomic mass is 15.2. The summed E-state index contributed by atoms with van der Waals surface area (Å²) in [6, 6.07) is 0.837. The molecule has 1 saturated heterocycles. The van der Waals surface area contributed by atoms with E-state index in [9.17, 15) is 0 Å². The van der Waals surface area contributed by atoms with E-state index in [1.165, 1.54) is 32.4 Å². The van der Waals surface area contributed by atoms with Gasteiger partial charge in [0.2, 0.25) is 0 Å². The summed E-state index contributed by atoms with van der Waals surface area (Å²) in [6.45, 7) is 17.5. The van der Waals surface area contributed by atoms with Crippen LogP contribution in [0, 0.1) is 5.41 Å². The molecular formula is C15H32N2. The lowest BCUT2D eigenvalue weighted by Crippen LogP contribution is -2.47. The lowest BCUT2D eigenvalue weighted by molar-refractivity contribution is 0.152. The molecule has 1 heterocycles. The summed E-state index contributed by atoms with van der Waals surface area (Å²) in [5.74, 6) is 0. The molecule has 0 aliphatic carbocycles. The van der Waals surface area contributed by atoms with Crippen molar-refractivity contribution in [2.75, 3.05) is 19.6 Å². The molecule has 1 aliphatic heterocycles. The van der Waals surface area contributed by atoms with Gasteiger partial charge in [-0.2, -0.15) is 0 Å². The van der Waals surface area contributed by atoms with E-state index >= 15 is 0 Å². The normalized spacial score (nSPS) is 23.3. The molecule has 1 aliphatic rings. The topological polar surface area (TPSA) is 15.3 Å². The Morgan fingerprint density at radius 3 is 2.35 bits per heavy atom. The molecule has 0 radical (unpaired) electrons. The van der Waals surface area contributed by atoms with Gasteiger partial charge in [-0.15, -0.1) is 0 Å². The number of nitrogens with one attached hydrogen (secondary N) is 1. The van der Waals surface area contributed by atoms with E-state index in [2.05, 4.69) is 51.8 Å². The fourth-order valence-electron chi connectivity index (χ4n) is 2.68. The maximum absolute atomic E-state index is 3.64. The molecule has 1 unspecified atom stereocenters. The molecular weight excluding hydrogens is 208 g/mol. The Morgan fingerprint density at radius 1 is 1.18 bits per heavy atom. The zero-order valence-electron chi connectivity index (χ0n) is 12.8. The van der Waals surface area contributed by atoms with Gasteiger partial charge in [-0.25, -0.2) is 0 Å². The molecule has 2 nitrogen and oxygen atoms in total. The first-order valence-electron chi connectivity index (χ1n) is 7.22. The van der Waals surface area contributed by atoms with Crippen molar-refractivity contribution in [2.24, 2.45) is 5.41 Å². The number of hydrogen-bond donors (Lipinski definition) is 1. The molecule has 0 amide bonds. The number of likely N-dealkylation sites (tertiary alicyclic amines) is 1. The first kappa shape index (κ1) is 15.0. The van der Waals surface area contributed by atoms with Gasteiger partial charge < -0.3 is 5.32 Å². The summed E-state index contributed by atoms with van der Waals surface area (Å²) in [5.41, 5.74) is 0.595. The second kappa shape index (κ2) is 5.71. The van der Waals surface area contributed by atoms with Crippen molar-refractivity contribution >= 4 is 0 Å². The van der Waals surface area contributed by atoms with Gasteiger partial charge in [0.1, 0.15) is 0 Å². The van der Waals surface area contributed by atoms with Crippen LogP contribution in [0.4, 0.5) is 0 Å². The Kier molecular flexibility index (Phi) is 5.03. The predicted molar refractivity (Wildman–Crippen MR) is 76.4 cm³/mol. The Morgan fingerprint density at radius 2 is 1.82 bits per heavy atom. The lowest BCUT2D eigenvalue weighted by Gasteiger charge is -2.36. The van der Waals surface area contributed by atoms with Gasteiger partial charge in [0.25, 0.3) is 0 Å². The maximum Gasteiger partial charge on any atom is 0.00967 e. The van der Waals surface area contributed by atoms with E-state index in [1.807, 2.05) is 0 Å². The average molecular weight is 240 g/mol. The maximum atomic E-state index is 3.64. The van der Waals surface area contributed by atoms with Gasteiger partial charge >= 0.3 is 0 Å². The Labute approximate surface area is 108 Å². The number of rotatable bonds is 5. The molecule has 102 valence electrons. The third kappa shape index (κ3) is 5.39. The van der Waals surface area contributed by atoms with Crippen molar-refractivity contribution < 1.29 is 0 Å². The summed E-state index contributed by atoms with van der Waals surface area (Å²) >= 11 is 0. The SMILES string of the molecule is CCC1CCCN1CC(C)(C)CNC(C)(C)C. The van der Waals surface area contributed by atoms with Crippen LogP contribution in [0.25, 0.3) is 0 Å². The highest BCUT2D eigenvalue weighted by Gasteiger charge is 2.29. The van der Waals surface area contributed by atoms with Crippen LogP contribution in [-0.4, -0.2) is 36.1 Å². The fourth-order valence-corrected chi connectivity index (χ4v) is 2.68. The van der Waals surface area contributed by atoms with Crippen LogP contribution in [0.15, 0.2) is 0 Å². The summed E-state index contributed by atoms with van der Waals surface area (Å²) in [6.07, 6.45) is 4.10. The van der Waals surface area contributed by atoms with Crippen molar-refractivity contribution in [1.29, 1.82) is 0 Å². The van der Waals surface area contributed by atoms with Crippen molar-refractivity contribution in [3.63, 3.8) is 0 Å². The Balaban J connectivity index is 2.42. The van der Waals surface area contributed by atoms with Crippen LogP contribution in [0.1, 0.15) is 60.8 Å². The summed E-state index contributed by atoms with van der Waals surface area (Å²) in [5, 5.41) is 3.64. The molecule has 0 aromatic rings. The molecule has 0 bridgehead atoms. The molecule has 0 saturated carbocycles. The molecule has 1 rings (SSSR count). The number of hydrogen-bond acceptors (Lipinski definition) is 2. The minimum Gasteiger partial charge on any atom is -0.311 e. The van der Waals surface area contributed by atoms with Gasteiger partial charge in [0.15, 0.2) is 0 Å². The Hall–Kier alpha value is -0.0800. The largest absolute Gasteiger partial charge is 0.311 e. The highest BCUT2D eigenvalue weighted by Crippen LogP contribution is 2.25. The van der Waals surface area contributed by atoms with Crippen LogP contribution >= 0.6 is 0 Å². The van der Waals surface area contributed by atoms with Crippen molar-refractivity contribution in [2.45, 2.75) is 72.4 Å². The minimum atomic E-state index is 0.229. The summed E-state index contributed by atoms with van der Waals surface area (Å²) in [7, 11) is 0. The second-order valence-electron chi connectivity index (χ2n) is 7.44. The summed E-state index contributed by atoms with van der Waals surface area (Å²) in [4.78, 5) is 2.70. The number of nitrogens with zero attached hydrogens (tertiary/aromatic N) is 1. The van der Waals surface area contributed by atoms with E-state index in [1.54, 1.807) is 0 Å². The van der Waals surface area contributed by atoms with Crippen molar-refractivity contribution in [3.05, 3.63) is 0 Å². The van der Waals surface area contributed by atoms with E-state index < -0.39 is 0 Å². The van der Waals surface area contributed by atoms with Gasteiger partial charge in [0.05, 0.1) is 0 Å². The monoisotopic (exact) mass is 240 g/mol. The molecule has 17 heavy (non-hydrogen) atoms. The molecule has 2 heteroatoms. The first-order chi connectivity index (χ1) is 7.73. The molecule has 0 spiro atoms. The third-order valence-electron chi connectivity index (χ3n) is 3.70. The van der Waals surface area contributed by atoms with E-state index in [0.29, 0.717) is 5.41 Å². The Bertz CT molecular complexity index is 228. The van der Waals surface area contributed by atoms with E-state index in [4.69, 9.17) is 0 Å². The van der Waals surface area contributed by atoms with E-state index in [0.717, 1.165) is 12.6 Å². The molecule has 1 N–H and O–H groups in total. The predicted octanol–water partition coefficient (Wildman–Crippen LogP) is 3.28. The van der Waals surface area contributed by atoms with Crippen LogP contribution in [0.3, 0.4) is 0 Å². The molecule has 1 fully saturated rings. The van der Waals surface area contributed by atoms with Gasteiger partial charge in [0, 0.05) is 24.7 Å². The molecule has 0 aromatic heterocycles. The van der Waals surface area contributed by atoms with Gasteiger partial charge in [-0.1, -0.05) is 20.8 Å². The highest BCUT2D eigenvalue weighted by molar-refractivity contribution is 4.85. The standard InChI is InChI=1S/C15H32N2/c1-7-13-9-8-10-17(13)12-15(5,6)11-16-14(2,3)4/h13,16H,7-12H2,1-6H3.